The zero-order valence-corrected chi connectivity index (χ0v) is 18.3. The Labute approximate surface area is 175 Å². The van der Waals surface area contributed by atoms with Crippen LogP contribution in [0.3, 0.4) is 0 Å². The monoisotopic (exact) mass is 501 g/mol. The number of unbranched alkanes of at least 4 members (excludes halogenated alkanes) is 1. The fraction of sp³-hybridized carbons (Fsp3) is 0.611. The summed E-state index contributed by atoms with van der Waals surface area (Å²) in [6.07, 6.45) is 1.81. The molecule has 0 unspecified atom stereocenters. The van der Waals surface area contributed by atoms with Crippen molar-refractivity contribution in [1.82, 2.24) is 10.6 Å². The van der Waals surface area contributed by atoms with Gasteiger partial charge in [0.05, 0.1) is 5.56 Å². The largest absolute Gasteiger partial charge is 0.416 e. The molecule has 148 valence electrons. The second-order valence-corrected chi connectivity index (χ2v) is 7.40. The number of thioether (sulfide) groups is 1. The van der Waals surface area contributed by atoms with Crippen LogP contribution in [0.15, 0.2) is 29.3 Å². The van der Waals surface area contributed by atoms with Crippen LogP contribution in [0.2, 0.25) is 0 Å². The third-order valence-corrected chi connectivity index (χ3v) is 5.24. The summed E-state index contributed by atoms with van der Waals surface area (Å²) < 4.78 is 38.8. The summed E-state index contributed by atoms with van der Waals surface area (Å²) in [7, 11) is 1.71. The average Bonchev–Trinajstić information content (AvgIpc) is 3.38. The molecule has 1 aromatic carbocycles. The minimum Gasteiger partial charge on any atom is -0.356 e. The summed E-state index contributed by atoms with van der Waals surface area (Å²) >= 11 is 1.83. The van der Waals surface area contributed by atoms with Crippen LogP contribution in [0.4, 0.5) is 13.2 Å². The van der Waals surface area contributed by atoms with Crippen molar-refractivity contribution in [3.05, 3.63) is 35.4 Å². The third-order valence-electron chi connectivity index (χ3n) is 4.54. The fourth-order valence-electron chi connectivity index (χ4n) is 2.80. The molecule has 0 aliphatic heterocycles. The number of hydrogen-bond acceptors (Lipinski definition) is 2. The lowest BCUT2D eigenvalue weighted by Crippen LogP contribution is -2.41. The van der Waals surface area contributed by atoms with E-state index in [1.54, 1.807) is 13.1 Å². The summed E-state index contributed by atoms with van der Waals surface area (Å²) in [6.45, 7) is 1.44. The molecule has 26 heavy (non-hydrogen) atoms. The van der Waals surface area contributed by atoms with Gasteiger partial charge in [-0.3, -0.25) is 4.99 Å². The zero-order chi connectivity index (χ0) is 18.3. The molecule has 0 atom stereocenters. The van der Waals surface area contributed by atoms with Gasteiger partial charge in [0, 0.05) is 25.6 Å². The van der Waals surface area contributed by atoms with Crippen molar-refractivity contribution in [2.75, 3.05) is 32.1 Å². The van der Waals surface area contributed by atoms with Crippen molar-refractivity contribution < 1.29 is 13.2 Å². The predicted molar refractivity (Wildman–Crippen MR) is 115 cm³/mol. The summed E-state index contributed by atoms with van der Waals surface area (Å²) in [4.78, 5) is 4.20. The van der Waals surface area contributed by atoms with Gasteiger partial charge >= 0.3 is 6.18 Å². The molecule has 8 heteroatoms. The Balaban J connectivity index is 0.00000338. The van der Waals surface area contributed by atoms with Crippen LogP contribution in [0.1, 0.15) is 36.8 Å². The number of alkyl halides is 3. The van der Waals surface area contributed by atoms with Crippen LogP contribution in [0.25, 0.3) is 0 Å². The second-order valence-electron chi connectivity index (χ2n) is 6.41. The molecule has 2 N–H and O–H groups in total. The third kappa shape index (κ3) is 6.83. The van der Waals surface area contributed by atoms with E-state index in [0.29, 0.717) is 12.5 Å². The van der Waals surface area contributed by atoms with Crippen LogP contribution in [0, 0.1) is 0 Å². The first kappa shape index (κ1) is 23.4. The number of nitrogens with zero attached hydrogens (tertiary/aromatic N) is 1. The average molecular weight is 501 g/mol. The van der Waals surface area contributed by atoms with Gasteiger partial charge in [-0.2, -0.15) is 24.9 Å². The molecule has 0 aromatic heterocycles. The Hall–Kier alpha value is -0.640. The SMILES string of the molecule is CN=C(NCCCCSC)NCC1(c2cccc(C(F)(F)F)c2)CC1.I. The Morgan fingerprint density at radius 1 is 1.23 bits per heavy atom. The van der Waals surface area contributed by atoms with E-state index >= 15 is 0 Å². The number of guanidine groups is 1. The molecule has 0 bridgehead atoms. The molecule has 0 heterocycles. The van der Waals surface area contributed by atoms with Crippen LogP contribution in [0.5, 0.6) is 0 Å². The lowest BCUT2D eigenvalue weighted by atomic mass is 9.94. The van der Waals surface area contributed by atoms with Crippen LogP contribution in [-0.2, 0) is 11.6 Å². The second kappa shape index (κ2) is 10.6. The van der Waals surface area contributed by atoms with Crippen molar-refractivity contribution in [3.8, 4) is 0 Å². The quantitative estimate of drug-likeness (QED) is 0.236. The van der Waals surface area contributed by atoms with Crippen LogP contribution in [-0.4, -0.2) is 38.1 Å². The number of aliphatic imine (C=N–C) groups is 1. The van der Waals surface area contributed by atoms with Crippen molar-refractivity contribution in [1.29, 1.82) is 0 Å². The molecule has 0 saturated heterocycles. The van der Waals surface area contributed by atoms with Gasteiger partial charge in [0.1, 0.15) is 0 Å². The highest BCUT2D eigenvalue weighted by Crippen LogP contribution is 2.48. The van der Waals surface area contributed by atoms with E-state index < -0.39 is 11.7 Å². The lowest BCUT2D eigenvalue weighted by Gasteiger charge is -2.20. The fourth-order valence-corrected chi connectivity index (χ4v) is 3.29. The number of hydrogen-bond donors (Lipinski definition) is 2. The summed E-state index contributed by atoms with van der Waals surface area (Å²) in [5.74, 6) is 1.86. The first-order valence-corrected chi connectivity index (χ1v) is 9.92. The molecule has 1 aliphatic carbocycles. The van der Waals surface area contributed by atoms with Crippen molar-refractivity contribution in [3.63, 3.8) is 0 Å². The summed E-state index contributed by atoms with van der Waals surface area (Å²) in [5.41, 5.74) is -0.0320. The summed E-state index contributed by atoms with van der Waals surface area (Å²) in [5, 5.41) is 6.54. The smallest absolute Gasteiger partial charge is 0.356 e. The predicted octanol–water partition coefficient (Wildman–Crippen LogP) is 4.66. The van der Waals surface area contributed by atoms with E-state index in [0.717, 1.165) is 49.6 Å². The maximum atomic E-state index is 12.9. The molecule has 1 aliphatic rings. The number of halogens is 4. The van der Waals surface area contributed by atoms with E-state index in [1.807, 2.05) is 11.8 Å². The molecule has 0 amide bonds. The zero-order valence-electron chi connectivity index (χ0n) is 15.2. The molecule has 0 spiro atoms. The minimum absolute atomic E-state index is 0. The maximum Gasteiger partial charge on any atom is 0.416 e. The number of nitrogens with one attached hydrogen (secondary N) is 2. The minimum atomic E-state index is -4.30. The van der Waals surface area contributed by atoms with Gasteiger partial charge < -0.3 is 10.6 Å². The lowest BCUT2D eigenvalue weighted by molar-refractivity contribution is -0.137. The van der Waals surface area contributed by atoms with Gasteiger partial charge in [0.25, 0.3) is 0 Å². The molecule has 2 rings (SSSR count). The molecule has 3 nitrogen and oxygen atoms in total. The van der Waals surface area contributed by atoms with Crippen molar-refractivity contribution in [2.45, 2.75) is 37.3 Å². The van der Waals surface area contributed by atoms with E-state index in [4.69, 9.17) is 0 Å². The first-order chi connectivity index (χ1) is 11.9. The van der Waals surface area contributed by atoms with Crippen molar-refractivity contribution in [2.24, 2.45) is 4.99 Å². The van der Waals surface area contributed by atoms with Crippen LogP contribution < -0.4 is 10.6 Å². The van der Waals surface area contributed by atoms with E-state index in [2.05, 4.69) is 21.9 Å². The Kier molecular flexibility index (Phi) is 9.57. The Morgan fingerprint density at radius 2 is 1.96 bits per heavy atom. The highest BCUT2D eigenvalue weighted by molar-refractivity contribution is 14.0. The van der Waals surface area contributed by atoms with E-state index in [-0.39, 0.29) is 29.4 Å². The molecule has 1 saturated carbocycles. The topological polar surface area (TPSA) is 36.4 Å². The van der Waals surface area contributed by atoms with Gasteiger partial charge in [-0.05, 0) is 49.3 Å². The highest BCUT2D eigenvalue weighted by atomic mass is 127. The first-order valence-electron chi connectivity index (χ1n) is 8.52. The number of benzene rings is 1. The molecular formula is C18H27F3IN3S. The van der Waals surface area contributed by atoms with E-state index in [9.17, 15) is 13.2 Å². The van der Waals surface area contributed by atoms with Gasteiger partial charge in [0.15, 0.2) is 5.96 Å². The molecule has 0 radical (unpaired) electrons. The Morgan fingerprint density at radius 3 is 2.54 bits per heavy atom. The normalized spacial score (nSPS) is 16.0. The summed E-state index contributed by atoms with van der Waals surface area (Å²) in [6, 6.07) is 5.70. The van der Waals surface area contributed by atoms with Gasteiger partial charge in [-0.25, -0.2) is 0 Å². The molecular weight excluding hydrogens is 474 g/mol. The van der Waals surface area contributed by atoms with E-state index in [1.165, 1.54) is 12.1 Å². The van der Waals surface area contributed by atoms with Crippen molar-refractivity contribution >= 4 is 41.7 Å². The standard InChI is InChI=1S/C18H26F3N3S.HI/c1-22-16(23-10-3-4-11-25-2)24-13-17(8-9-17)14-6-5-7-15(12-14)18(19,20)21;/h5-7,12H,3-4,8-11,13H2,1-2H3,(H2,22,23,24);1H. The maximum absolute atomic E-state index is 12.9. The molecule has 1 fully saturated rings. The van der Waals surface area contributed by atoms with Crippen LogP contribution >= 0.6 is 35.7 Å². The van der Waals surface area contributed by atoms with Gasteiger partial charge in [-0.1, -0.05) is 18.2 Å². The van der Waals surface area contributed by atoms with Gasteiger partial charge in [0.2, 0.25) is 0 Å². The highest BCUT2D eigenvalue weighted by Gasteiger charge is 2.45. The van der Waals surface area contributed by atoms with Gasteiger partial charge in [-0.15, -0.1) is 24.0 Å². The molecule has 1 aromatic rings. The number of rotatable bonds is 8. The Bertz CT molecular complexity index is 589.